The molecule has 4 nitrogen and oxygen atoms in total. The van der Waals surface area contributed by atoms with Crippen LogP contribution in [0.5, 0.6) is 0 Å². The largest absolute Gasteiger partial charge is 0.388 e. The zero-order chi connectivity index (χ0) is 30.9. The summed E-state index contributed by atoms with van der Waals surface area (Å²) >= 11 is 0. The van der Waals surface area contributed by atoms with Crippen LogP contribution in [0, 0.1) is 6.92 Å². The second kappa shape index (κ2) is 15.1. The van der Waals surface area contributed by atoms with Gasteiger partial charge in [0, 0.05) is 6.42 Å². The topological polar surface area (TPSA) is 47.9 Å². The van der Waals surface area contributed by atoms with Crippen LogP contribution >= 0.6 is 0 Å². The Kier molecular flexibility index (Phi) is 11.1. The number of rotatable bonds is 13. The molecule has 1 saturated heterocycles. The van der Waals surface area contributed by atoms with Gasteiger partial charge in [-0.15, -0.1) is 0 Å². The van der Waals surface area contributed by atoms with Crippen LogP contribution in [0.2, 0.25) is 0 Å². The Balaban J connectivity index is 1.39. The molecule has 0 aromatic heterocycles. The summed E-state index contributed by atoms with van der Waals surface area (Å²) in [5.41, 5.74) is 7.41. The molecule has 0 saturated carbocycles. The normalized spacial score (nSPS) is 20.5. The molecule has 4 aromatic rings. The predicted octanol–water partition coefficient (Wildman–Crippen LogP) is 8.70. The molecule has 232 valence electrons. The van der Waals surface area contributed by atoms with E-state index in [4.69, 9.17) is 14.2 Å². The fourth-order valence-corrected chi connectivity index (χ4v) is 6.04. The molecule has 1 aliphatic heterocycles. The van der Waals surface area contributed by atoms with E-state index < -0.39 is 17.8 Å². The van der Waals surface area contributed by atoms with E-state index in [0.29, 0.717) is 19.6 Å². The van der Waals surface area contributed by atoms with Gasteiger partial charge in [-0.1, -0.05) is 116 Å². The van der Waals surface area contributed by atoms with Gasteiger partial charge in [0.05, 0.1) is 31.0 Å². The van der Waals surface area contributed by atoms with E-state index >= 15 is 0 Å². The maximum atomic E-state index is 11.4. The minimum atomic E-state index is -1.14. The quantitative estimate of drug-likeness (QED) is 0.169. The Hall–Kier alpha value is -3.28. The Morgan fingerprint density at radius 2 is 1.39 bits per heavy atom. The molecular weight excluding hydrogens is 544 g/mol. The fraction of sp³-hybridized carbons (Fsp3) is 0.400. The molecule has 4 heteroatoms. The van der Waals surface area contributed by atoms with E-state index in [1.807, 2.05) is 36.4 Å². The highest BCUT2D eigenvalue weighted by Crippen LogP contribution is 2.39. The number of aryl methyl sites for hydroxylation is 2. The van der Waals surface area contributed by atoms with Gasteiger partial charge in [0.1, 0.15) is 12.2 Å². The van der Waals surface area contributed by atoms with Crippen molar-refractivity contribution in [1.82, 2.24) is 0 Å². The van der Waals surface area contributed by atoms with Gasteiger partial charge in [-0.2, -0.15) is 0 Å². The first kappa shape index (κ1) is 32.1. The van der Waals surface area contributed by atoms with Gasteiger partial charge in [0.15, 0.2) is 0 Å². The lowest BCUT2D eigenvalue weighted by Gasteiger charge is -2.46. The summed E-state index contributed by atoms with van der Waals surface area (Å²) in [5.74, 6) is 0. The van der Waals surface area contributed by atoms with Crippen LogP contribution in [0.3, 0.4) is 0 Å². The summed E-state index contributed by atoms with van der Waals surface area (Å²) in [6, 6.07) is 36.1. The standard InChI is InChI=1S/C40H48O4/c1-5-6-13-30-19-21-31(22-20-30)24-35-25-34(23-18-29(35)2)36-26-37(42-27-32-14-9-7-10-15-32)38(39(44-36)40(3,4)41)43-28-33-16-11-8-12-17-33/h7-12,14-23,25,36-39,41H,5-6,13,24,26-28H2,1-4H3/t36?,37?,38-,39?/m0/s1. The number of hydrogen-bond donors (Lipinski definition) is 1. The predicted molar refractivity (Wildman–Crippen MR) is 178 cm³/mol. The van der Waals surface area contributed by atoms with Crippen LogP contribution in [-0.4, -0.2) is 29.0 Å². The molecule has 0 amide bonds. The number of aliphatic hydroxyl groups is 1. The maximum absolute atomic E-state index is 11.4. The lowest BCUT2D eigenvalue weighted by molar-refractivity contribution is -0.249. The molecule has 0 radical (unpaired) electrons. The van der Waals surface area contributed by atoms with Crippen LogP contribution in [0.4, 0.5) is 0 Å². The SMILES string of the molecule is CCCCc1ccc(Cc2cc(C3CC(OCc4ccccc4)[C@H](OCc4ccccc4)C(C(C)(C)O)O3)ccc2C)cc1. The van der Waals surface area contributed by atoms with E-state index in [2.05, 4.69) is 80.6 Å². The number of unbranched alkanes of at least 4 members (excludes halogenated alkanes) is 1. The van der Waals surface area contributed by atoms with E-state index in [9.17, 15) is 5.11 Å². The summed E-state index contributed by atoms with van der Waals surface area (Å²) in [6.07, 6.45) is 3.55. The molecule has 1 aliphatic rings. The van der Waals surface area contributed by atoms with Gasteiger partial charge < -0.3 is 19.3 Å². The zero-order valence-electron chi connectivity index (χ0n) is 26.7. The maximum Gasteiger partial charge on any atom is 0.115 e. The second-order valence-corrected chi connectivity index (χ2v) is 12.8. The van der Waals surface area contributed by atoms with Gasteiger partial charge >= 0.3 is 0 Å². The molecule has 4 atom stereocenters. The van der Waals surface area contributed by atoms with Gasteiger partial charge in [0.25, 0.3) is 0 Å². The first-order chi connectivity index (χ1) is 21.3. The van der Waals surface area contributed by atoms with E-state index in [-0.39, 0.29) is 12.2 Å². The van der Waals surface area contributed by atoms with Crippen molar-refractivity contribution in [3.63, 3.8) is 0 Å². The lowest BCUT2D eigenvalue weighted by Crippen LogP contribution is -2.57. The van der Waals surface area contributed by atoms with Gasteiger partial charge in [-0.3, -0.25) is 0 Å². The van der Waals surface area contributed by atoms with Gasteiger partial charge in [-0.05, 0) is 79.0 Å². The molecular formula is C40H48O4. The van der Waals surface area contributed by atoms with Crippen molar-refractivity contribution in [2.75, 3.05) is 0 Å². The molecule has 1 heterocycles. The first-order valence-corrected chi connectivity index (χ1v) is 16.2. The molecule has 44 heavy (non-hydrogen) atoms. The summed E-state index contributed by atoms with van der Waals surface area (Å²) in [4.78, 5) is 0. The van der Waals surface area contributed by atoms with Crippen LogP contribution in [0.1, 0.15) is 85.1 Å². The molecule has 3 unspecified atom stereocenters. The average molecular weight is 593 g/mol. The summed E-state index contributed by atoms with van der Waals surface area (Å²) in [7, 11) is 0. The van der Waals surface area contributed by atoms with Crippen molar-refractivity contribution in [2.24, 2.45) is 0 Å². The van der Waals surface area contributed by atoms with E-state index in [0.717, 1.165) is 29.5 Å². The molecule has 1 fully saturated rings. The molecule has 1 N–H and O–H groups in total. The Morgan fingerprint density at radius 3 is 2.00 bits per heavy atom. The first-order valence-electron chi connectivity index (χ1n) is 16.2. The minimum Gasteiger partial charge on any atom is -0.388 e. The summed E-state index contributed by atoms with van der Waals surface area (Å²) in [6.45, 7) is 8.91. The fourth-order valence-electron chi connectivity index (χ4n) is 6.04. The minimum absolute atomic E-state index is 0.237. The van der Waals surface area contributed by atoms with Crippen LogP contribution in [-0.2, 0) is 40.3 Å². The third-order valence-corrected chi connectivity index (χ3v) is 8.69. The van der Waals surface area contributed by atoms with Gasteiger partial charge in [-0.25, -0.2) is 0 Å². The highest BCUT2D eigenvalue weighted by atomic mass is 16.6. The van der Waals surface area contributed by atoms with E-state index in [1.165, 1.54) is 35.1 Å². The Bertz CT molecular complexity index is 1430. The van der Waals surface area contributed by atoms with Gasteiger partial charge in [0.2, 0.25) is 0 Å². The van der Waals surface area contributed by atoms with E-state index in [1.54, 1.807) is 13.8 Å². The Labute approximate surface area is 264 Å². The molecule has 4 aromatic carbocycles. The molecule has 0 aliphatic carbocycles. The third-order valence-electron chi connectivity index (χ3n) is 8.69. The van der Waals surface area contributed by atoms with Crippen molar-refractivity contribution in [1.29, 1.82) is 0 Å². The van der Waals surface area contributed by atoms with Crippen LogP contribution in [0.25, 0.3) is 0 Å². The number of hydrogen-bond acceptors (Lipinski definition) is 4. The average Bonchev–Trinajstić information content (AvgIpc) is 3.04. The highest BCUT2D eigenvalue weighted by molar-refractivity contribution is 5.37. The smallest absolute Gasteiger partial charge is 0.115 e. The second-order valence-electron chi connectivity index (χ2n) is 12.8. The van der Waals surface area contributed by atoms with Crippen molar-refractivity contribution in [3.8, 4) is 0 Å². The lowest BCUT2D eigenvalue weighted by atomic mass is 9.85. The van der Waals surface area contributed by atoms with Crippen molar-refractivity contribution >= 4 is 0 Å². The van der Waals surface area contributed by atoms with Crippen molar-refractivity contribution < 1.29 is 19.3 Å². The highest BCUT2D eigenvalue weighted by Gasteiger charge is 2.47. The van der Waals surface area contributed by atoms with Crippen LogP contribution < -0.4 is 0 Å². The molecule has 5 rings (SSSR count). The number of ether oxygens (including phenoxy) is 3. The van der Waals surface area contributed by atoms with Crippen molar-refractivity contribution in [3.05, 3.63) is 142 Å². The molecule has 0 bridgehead atoms. The Morgan fingerprint density at radius 1 is 0.773 bits per heavy atom. The summed E-state index contributed by atoms with van der Waals surface area (Å²) in [5, 5.41) is 11.4. The number of benzene rings is 4. The molecule has 0 spiro atoms. The van der Waals surface area contributed by atoms with Crippen molar-refractivity contribution in [2.45, 2.75) is 103 Å². The summed E-state index contributed by atoms with van der Waals surface area (Å²) < 4.78 is 19.9. The van der Waals surface area contributed by atoms with Crippen LogP contribution in [0.15, 0.2) is 103 Å². The monoisotopic (exact) mass is 592 g/mol. The zero-order valence-corrected chi connectivity index (χ0v) is 26.7. The third kappa shape index (κ3) is 8.67.